The molecule has 0 aliphatic heterocycles. The molecular weight excluding hydrogens is 478 g/mol. The Morgan fingerprint density at radius 3 is 2.39 bits per heavy atom. The molecule has 0 unspecified atom stereocenters. The Labute approximate surface area is 213 Å². The van der Waals surface area contributed by atoms with Gasteiger partial charge in [0.15, 0.2) is 28.3 Å². The molecule has 0 amide bonds. The fraction of sp³-hybridized carbons (Fsp3) is 0.192. The maximum absolute atomic E-state index is 12.6. The first kappa shape index (κ1) is 24.9. The lowest BCUT2D eigenvalue weighted by Crippen LogP contribution is -2.08. The van der Waals surface area contributed by atoms with Crippen LogP contribution in [0.15, 0.2) is 77.1 Å². The van der Waals surface area contributed by atoms with Crippen molar-refractivity contribution < 1.29 is 19.0 Å². The number of Topliss-reactive ketones (excluding diaryl/α,β-unsaturated/α-hetero) is 1. The van der Waals surface area contributed by atoms with Crippen LogP contribution in [0.3, 0.4) is 0 Å². The molecule has 2 aromatic heterocycles. The van der Waals surface area contributed by atoms with Gasteiger partial charge in [0.05, 0.1) is 33.6 Å². The summed E-state index contributed by atoms with van der Waals surface area (Å²) in [5, 5.41) is 9.35. The highest BCUT2D eigenvalue weighted by molar-refractivity contribution is 7.99. The fourth-order valence-electron chi connectivity index (χ4n) is 3.52. The quantitative estimate of drug-likeness (QED) is 0.222. The Morgan fingerprint density at radius 1 is 0.944 bits per heavy atom. The second-order valence-corrected chi connectivity index (χ2v) is 8.38. The number of hydrogen-bond donors (Lipinski definition) is 0. The van der Waals surface area contributed by atoms with Gasteiger partial charge in [-0.15, -0.1) is 10.2 Å². The molecule has 0 atom stereocenters. The monoisotopic (exact) mass is 503 g/mol. The van der Waals surface area contributed by atoms with E-state index in [1.54, 1.807) is 45.0 Å². The number of carbonyl (C=O) groups excluding carboxylic acids is 1. The normalized spacial score (nSPS) is 11.0. The number of hydrogen-bond acceptors (Lipinski definition) is 9. The van der Waals surface area contributed by atoms with Gasteiger partial charge in [0.2, 0.25) is 5.75 Å². The summed E-state index contributed by atoms with van der Waals surface area (Å²) >= 11 is 1.32. The van der Waals surface area contributed by atoms with E-state index in [4.69, 9.17) is 14.2 Å². The molecule has 0 N–H and O–H groups in total. The van der Waals surface area contributed by atoms with E-state index in [9.17, 15) is 4.79 Å². The largest absolute Gasteiger partial charge is 0.493 e. The zero-order chi connectivity index (χ0) is 25.3. The van der Waals surface area contributed by atoms with Gasteiger partial charge in [0, 0.05) is 35.4 Å². The molecule has 2 aromatic carbocycles. The Bertz CT molecular complexity index is 1340. The highest BCUT2D eigenvalue weighted by Gasteiger charge is 2.18. The first-order valence-electron chi connectivity index (χ1n) is 11.0. The van der Waals surface area contributed by atoms with Gasteiger partial charge in [-0.2, -0.15) is 0 Å². The minimum Gasteiger partial charge on any atom is -0.493 e. The summed E-state index contributed by atoms with van der Waals surface area (Å²) in [6, 6.07) is 17.1. The van der Waals surface area contributed by atoms with Gasteiger partial charge in [-0.3, -0.25) is 19.3 Å². The van der Waals surface area contributed by atoms with Crippen molar-refractivity contribution in [1.29, 1.82) is 0 Å². The van der Waals surface area contributed by atoms with E-state index in [1.165, 1.54) is 18.9 Å². The molecule has 36 heavy (non-hydrogen) atoms. The Hall–Kier alpha value is -4.18. The van der Waals surface area contributed by atoms with Crippen LogP contribution in [0.2, 0.25) is 0 Å². The summed E-state index contributed by atoms with van der Waals surface area (Å²) in [5.74, 6) is 2.33. The van der Waals surface area contributed by atoms with Crippen molar-refractivity contribution in [1.82, 2.24) is 19.7 Å². The lowest BCUT2D eigenvalue weighted by atomic mass is 10.2. The zero-order valence-corrected chi connectivity index (χ0v) is 20.9. The summed E-state index contributed by atoms with van der Waals surface area (Å²) < 4.78 is 18.1. The van der Waals surface area contributed by atoms with Gasteiger partial charge in [-0.05, 0) is 36.4 Å². The standard InChI is InChI=1S/C26H25N5O4S/c1-33-22-10-9-19(23(34-2)24(22)35-3)15-28-16-21(32)17-36-26-30-29-25(18-11-13-27-14-12-18)31(26)20-7-5-4-6-8-20/h4-15H,16-17H2,1-3H3. The maximum Gasteiger partial charge on any atom is 0.203 e. The van der Waals surface area contributed by atoms with Crippen molar-refractivity contribution >= 4 is 23.8 Å². The molecule has 0 radical (unpaired) electrons. The molecule has 0 saturated heterocycles. The molecular formula is C26H25N5O4S. The van der Waals surface area contributed by atoms with E-state index >= 15 is 0 Å². The summed E-state index contributed by atoms with van der Waals surface area (Å²) in [6.07, 6.45) is 5.01. The predicted molar refractivity (Wildman–Crippen MR) is 139 cm³/mol. The Morgan fingerprint density at radius 2 is 1.69 bits per heavy atom. The topological polar surface area (TPSA) is 101 Å². The average molecular weight is 504 g/mol. The van der Waals surface area contributed by atoms with Gasteiger partial charge in [0.1, 0.15) is 0 Å². The first-order chi connectivity index (χ1) is 17.7. The maximum atomic E-state index is 12.6. The van der Waals surface area contributed by atoms with Crippen LogP contribution in [-0.4, -0.2) is 65.4 Å². The Balaban J connectivity index is 1.48. The van der Waals surface area contributed by atoms with Crippen molar-refractivity contribution in [3.05, 3.63) is 72.6 Å². The van der Waals surface area contributed by atoms with Crippen molar-refractivity contribution in [3.63, 3.8) is 0 Å². The summed E-state index contributed by atoms with van der Waals surface area (Å²) in [4.78, 5) is 21.0. The third-order valence-corrected chi connectivity index (χ3v) is 6.17. The van der Waals surface area contributed by atoms with Gasteiger partial charge < -0.3 is 14.2 Å². The number of methoxy groups -OCH3 is 3. The smallest absolute Gasteiger partial charge is 0.203 e. The van der Waals surface area contributed by atoms with Gasteiger partial charge >= 0.3 is 0 Å². The molecule has 2 heterocycles. The van der Waals surface area contributed by atoms with Crippen molar-refractivity contribution in [2.45, 2.75) is 5.16 Å². The third-order valence-electron chi connectivity index (χ3n) is 5.18. The molecule has 4 rings (SSSR count). The number of thioether (sulfide) groups is 1. The molecule has 0 aliphatic rings. The molecule has 0 aliphatic carbocycles. The number of rotatable bonds is 11. The van der Waals surface area contributed by atoms with Crippen LogP contribution in [0.4, 0.5) is 0 Å². The van der Waals surface area contributed by atoms with Crippen molar-refractivity contribution in [3.8, 4) is 34.3 Å². The molecule has 0 spiro atoms. The number of aliphatic imine (C=N–C) groups is 1. The molecule has 0 saturated carbocycles. The number of carbonyl (C=O) groups is 1. The van der Waals surface area contributed by atoms with E-state index in [1.807, 2.05) is 47.0 Å². The number of benzene rings is 2. The molecule has 0 bridgehead atoms. The highest BCUT2D eigenvalue weighted by Crippen LogP contribution is 2.39. The van der Waals surface area contributed by atoms with Crippen LogP contribution in [-0.2, 0) is 4.79 Å². The molecule has 184 valence electrons. The SMILES string of the molecule is COc1ccc(C=NCC(=O)CSc2nnc(-c3ccncc3)n2-c2ccccc2)c(OC)c1OC. The highest BCUT2D eigenvalue weighted by atomic mass is 32.2. The lowest BCUT2D eigenvalue weighted by Gasteiger charge is -2.13. The van der Waals surface area contributed by atoms with Crippen LogP contribution >= 0.6 is 11.8 Å². The van der Waals surface area contributed by atoms with Gasteiger partial charge in [0.25, 0.3) is 0 Å². The van der Waals surface area contributed by atoms with E-state index in [0.717, 1.165) is 11.3 Å². The van der Waals surface area contributed by atoms with Crippen molar-refractivity contribution in [2.24, 2.45) is 4.99 Å². The van der Waals surface area contributed by atoms with E-state index in [0.29, 0.717) is 33.8 Å². The van der Waals surface area contributed by atoms with Crippen LogP contribution in [0.5, 0.6) is 17.2 Å². The van der Waals surface area contributed by atoms with E-state index in [2.05, 4.69) is 20.2 Å². The molecule has 9 nitrogen and oxygen atoms in total. The second-order valence-electron chi connectivity index (χ2n) is 7.43. The number of nitrogens with zero attached hydrogens (tertiary/aromatic N) is 5. The number of ether oxygens (including phenoxy) is 3. The summed E-state index contributed by atoms with van der Waals surface area (Å²) in [6.45, 7) is 0.0151. The van der Waals surface area contributed by atoms with Crippen LogP contribution in [0, 0.1) is 0 Å². The number of pyridine rings is 1. The van der Waals surface area contributed by atoms with E-state index in [-0.39, 0.29) is 18.1 Å². The minimum absolute atomic E-state index is 0.0151. The fourth-order valence-corrected chi connectivity index (χ4v) is 4.32. The second kappa shape index (κ2) is 12.0. The number of ketones is 1. The average Bonchev–Trinajstić information content (AvgIpc) is 3.36. The molecule has 0 fully saturated rings. The molecule has 10 heteroatoms. The molecule has 4 aromatic rings. The van der Waals surface area contributed by atoms with Crippen LogP contribution in [0.25, 0.3) is 17.1 Å². The Kier molecular flexibility index (Phi) is 8.30. The third kappa shape index (κ3) is 5.55. The number of para-hydroxylation sites is 1. The summed E-state index contributed by atoms with van der Waals surface area (Å²) in [7, 11) is 4.63. The van der Waals surface area contributed by atoms with Gasteiger partial charge in [-0.25, -0.2) is 0 Å². The minimum atomic E-state index is -0.0521. The van der Waals surface area contributed by atoms with Crippen LogP contribution < -0.4 is 14.2 Å². The van der Waals surface area contributed by atoms with Gasteiger partial charge in [-0.1, -0.05) is 30.0 Å². The number of aromatic nitrogens is 4. The lowest BCUT2D eigenvalue weighted by molar-refractivity contribution is -0.115. The van der Waals surface area contributed by atoms with E-state index < -0.39 is 0 Å². The van der Waals surface area contributed by atoms with Crippen molar-refractivity contribution in [2.75, 3.05) is 33.6 Å². The first-order valence-corrected chi connectivity index (χ1v) is 12.0. The zero-order valence-electron chi connectivity index (χ0n) is 20.1. The van der Waals surface area contributed by atoms with Crippen LogP contribution in [0.1, 0.15) is 5.56 Å². The predicted octanol–water partition coefficient (Wildman–Crippen LogP) is 4.14. The summed E-state index contributed by atoms with van der Waals surface area (Å²) in [5.41, 5.74) is 2.47.